The zero-order valence-electron chi connectivity index (χ0n) is 11.9. The molecule has 0 saturated carbocycles. The molecule has 138 valence electrons. The molecule has 1 aromatic rings. The lowest BCUT2D eigenvalue weighted by Gasteiger charge is -2.41. The Balaban J connectivity index is 3.54. The van der Waals surface area contributed by atoms with Crippen LogP contribution >= 0.6 is 0 Å². The van der Waals surface area contributed by atoms with Gasteiger partial charge in [0, 0.05) is 0 Å². The average Bonchev–Trinajstić information content (AvgIpc) is 2.35. The number of aliphatic hydroxyl groups excluding tert-OH is 1. The molecule has 0 heterocycles. The van der Waals surface area contributed by atoms with Crippen molar-refractivity contribution >= 4 is 0 Å². The fourth-order valence-corrected chi connectivity index (χ4v) is 2.11. The molecule has 0 aliphatic rings. The van der Waals surface area contributed by atoms with E-state index in [4.69, 9.17) is 4.74 Å². The molecule has 1 atom stereocenters. The van der Waals surface area contributed by atoms with Crippen LogP contribution in [0.1, 0.15) is 18.6 Å². The van der Waals surface area contributed by atoms with Gasteiger partial charge in [0.25, 0.3) is 5.41 Å². The van der Waals surface area contributed by atoms with Crippen LogP contribution in [0.2, 0.25) is 0 Å². The van der Waals surface area contributed by atoms with Crippen LogP contribution < -0.4 is 4.74 Å². The van der Waals surface area contributed by atoms with E-state index in [1.807, 2.05) is 0 Å². The number of rotatable bonds is 4. The van der Waals surface area contributed by atoms with Crippen molar-refractivity contribution < 1.29 is 49.4 Å². The van der Waals surface area contributed by atoms with Crippen molar-refractivity contribution in [2.45, 2.75) is 31.6 Å². The predicted molar refractivity (Wildman–Crippen MR) is 63.2 cm³/mol. The molecule has 0 aliphatic heterocycles. The molecule has 0 spiro atoms. The lowest BCUT2D eigenvalue weighted by atomic mass is 9.76. The van der Waals surface area contributed by atoms with Crippen molar-refractivity contribution in [3.8, 4) is 5.75 Å². The van der Waals surface area contributed by atoms with Gasteiger partial charge in [-0.2, -0.15) is 39.5 Å². The van der Waals surface area contributed by atoms with Crippen molar-refractivity contribution in [1.82, 2.24) is 0 Å². The highest BCUT2D eigenvalue weighted by Crippen LogP contribution is 2.64. The van der Waals surface area contributed by atoms with Crippen LogP contribution in [0.4, 0.5) is 39.5 Å². The van der Waals surface area contributed by atoms with E-state index >= 15 is 0 Å². The number of aliphatic hydroxyl groups is 1. The van der Waals surface area contributed by atoms with Gasteiger partial charge in [0.05, 0.1) is 6.61 Å². The first kappa shape index (κ1) is 20.4. The maximum Gasteiger partial charge on any atom is 0.415 e. The Labute approximate surface area is 129 Å². The Morgan fingerprint density at radius 2 is 1.21 bits per heavy atom. The van der Waals surface area contributed by atoms with Crippen molar-refractivity contribution in [2.75, 3.05) is 6.61 Å². The smallest absolute Gasteiger partial charge is 0.415 e. The molecule has 11 heteroatoms. The Kier molecular flexibility index (Phi) is 5.39. The number of hydrogen-bond acceptors (Lipinski definition) is 2. The van der Waals surface area contributed by atoms with E-state index in [2.05, 4.69) is 0 Å². The van der Waals surface area contributed by atoms with E-state index < -0.39 is 35.6 Å². The quantitative estimate of drug-likeness (QED) is 0.773. The number of ether oxygens (including phenoxy) is 1. The van der Waals surface area contributed by atoms with Gasteiger partial charge >= 0.3 is 18.5 Å². The van der Waals surface area contributed by atoms with Gasteiger partial charge in [0.15, 0.2) is 0 Å². The molecule has 0 aliphatic carbocycles. The van der Waals surface area contributed by atoms with Crippen LogP contribution in [-0.4, -0.2) is 30.2 Å². The summed E-state index contributed by atoms with van der Waals surface area (Å²) in [7, 11) is 0. The van der Waals surface area contributed by atoms with Crippen LogP contribution in [0.15, 0.2) is 24.3 Å². The van der Waals surface area contributed by atoms with Crippen molar-refractivity contribution in [3.63, 3.8) is 0 Å². The van der Waals surface area contributed by atoms with E-state index in [0.717, 1.165) is 12.1 Å². The molecule has 2 nitrogen and oxygen atoms in total. The molecule has 24 heavy (non-hydrogen) atoms. The summed E-state index contributed by atoms with van der Waals surface area (Å²) in [5, 5.41) is 9.46. The summed E-state index contributed by atoms with van der Waals surface area (Å²) in [6, 6.07) is 2.73. The van der Waals surface area contributed by atoms with E-state index in [9.17, 15) is 44.6 Å². The minimum atomic E-state index is -6.83. The lowest BCUT2D eigenvalue weighted by molar-refractivity contribution is -0.449. The molecule has 0 saturated heterocycles. The number of halogens is 9. The SMILES string of the molecule is CCOc1ccc(C(O)C(C(F)(F)F)(C(F)(F)F)C(F)(F)F)cc1. The van der Waals surface area contributed by atoms with Crippen LogP contribution in [0.5, 0.6) is 5.75 Å². The maximum absolute atomic E-state index is 12.9. The van der Waals surface area contributed by atoms with Gasteiger partial charge < -0.3 is 9.84 Å². The van der Waals surface area contributed by atoms with Gasteiger partial charge in [-0.25, -0.2) is 0 Å². The largest absolute Gasteiger partial charge is 0.494 e. The standard InChI is InChI=1S/C13H11F9O2/c1-2-24-8-5-3-7(4-6-8)9(23)10(11(14,15)16,12(17,18)19)13(20,21)22/h3-6,9,23H,2H2,1H3. The van der Waals surface area contributed by atoms with Crippen LogP contribution in [-0.2, 0) is 0 Å². The molecule has 0 fully saturated rings. The third-order valence-corrected chi connectivity index (χ3v) is 3.26. The van der Waals surface area contributed by atoms with Gasteiger partial charge in [0.2, 0.25) is 0 Å². The molecule has 1 N–H and O–H groups in total. The highest BCUT2D eigenvalue weighted by atomic mass is 19.4. The fraction of sp³-hybridized carbons (Fsp3) is 0.538. The summed E-state index contributed by atoms with van der Waals surface area (Å²) in [6.45, 7) is 1.64. The van der Waals surface area contributed by atoms with Crippen molar-refractivity contribution in [1.29, 1.82) is 0 Å². The first-order valence-electron chi connectivity index (χ1n) is 6.31. The molecule has 0 bridgehead atoms. The van der Waals surface area contributed by atoms with Crippen LogP contribution in [0.3, 0.4) is 0 Å². The van der Waals surface area contributed by atoms with Gasteiger partial charge in [-0.1, -0.05) is 12.1 Å². The first-order valence-corrected chi connectivity index (χ1v) is 6.31. The van der Waals surface area contributed by atoms with Crippen molar-refractivity contribution in [2.24, 2.45) is 5.41 Å². The molecule has 1 aromatic carbocycles. The normalized spacial score (nSPS) is 15.3. The Bertz CT molecular complexity index is 506. The summed E-state index contributed by atoms with van der Waals surface area (Å²) < 4.78 is 121. The molecule has 0 amide bonds. The number of benzene rings is 1. The number of hydrogen-bond donors (Lipinski definition) is 1. The zero-order chi connectivity index (χ0) is 19.0. The van der Waals surface area contributed by atoms with Gasteiger partial charge in [-0.15, -0.1) is 0 Å². The Morgan fingerprint density at radius 3 is 1.50 bits per heavy atom. The Morgan fingerprint density at radius 1 is 0.833 bits per heavy atom. The predicted octanol–water partition coefficient (Wildman–Crippen LogP) is 4.79. The highest BCUT2D eigenvalue weighted by molar-refractivity contribution is 5.30. The monoisotopic (exact) mass is 370 g/mol. The molecular weight excluding hydrogens is 359 g/mol. The third-order valence-electron chi connectivity index (χ3n) is 3.26. The molecule has 0 aromatic heterocycles. The summed E-state index contributed by atoms with van der Waals surface area (Å²) >= 11 is 0. The van der Waals surface area contributed by atoms with E-state index in [-0.39, 0.29) is 12.4 Å². The number of alkyl halides is 9. The third kappa shape index (κ3) is 3.26. The second kappa shape index (κ2) is 6.34. The van der Waals surface area contributed by atoms with E-state index in [0.29, 0.717) is 12.1 Å². The molecule has 0 radical (unpaired) electrons. The fourth-order valence-electron chi connectivity index (χ4n) is 2.11. The summed E-state index contributed by atoms with van der Waals surface area (Å²) in [6.07, 6.45) is -24.4. The van der Waals surface area contributed by atoms with Crippen LogP contribution in [0.25, 0.3) is 0 Å². The summed E-state index contributed by atoms with van der Waals surface area (Å²) in [4.78, 5) is 0. The Hall–Kier alpha value is -1.65. The van der Waals surface area contributed by atoms with Crippen molar-refractivity contribution in [3.05, 3.63) is 29.8 Å². The lowest BCUT2D eigenvalue weighted by Crippen LogP contribution is -2.62. The minimum Gasteiger partial charge on any atom is -0.494 e. The van der Waals surface area contributed by atoms with Gasteiger partial charge in [0.1, 0.15) is 11.9 Å². The molecular formula is C13H11F9O2. The molecule has 1 rings (SSSR count). The molecule has 1 unspecified atom stereocenters. The summed E-state index contributed by atoms with van der Waals surface area (Å²) in [5.74, 6) is 0.00470. The van der Waals surface area contributed by atoms with Gasteiger partial charge in [-0.3, -0.25) is 0 Å². The van der Waals surface area contributed by atoms with E-state index in [1.54, 1.807) is 0 Å². The van der Waals surface area contributed by atoms with Gasteiger partial charge in [-0.05, 0) is 24.6 Å². The van der Waals surface area contributed by atoms with E-state index in [1.165, 1.54) is 6.92 Å². The van der Waals surface area contributed by atoms with Crippen LogP contribution in [0, 0.1) is 5.41 Å². The highest BCUT2D eigenvalue weighted by Gasteiger charge is 2.86. The second-order valence-electron chi connectivity index (χ2n) is 4.71. The minimum absolute atomic E-state index is 0.00470. The summed E-state index contributed by atoms with van der Waals surface area (Å²) in [5.41, 5.74) is -7.52. The zero-order valence-corrected chi connectivity index (χ0v) is 11.9. The topological polar surface area (TPSA) is 29.5 Å². The average molecular weight is 370 g/mol. The maximum atomic E-state index is 12.9. The second-order valence-corrected chi connectivity index (χ2v) is 4.71. The first-order chi connectivity index (χ1) is 10.7.